The highest BCUT2D eigenvalue weighted by Crippen LogP contribution is 2.42. The fraction of sp³-hybridized carbons (Fsp3) is 0.350. The minimum Gasteiger partial charge on any atom is -0.489 e. The standard InChI is InChI=1S/C20H21N3O4/c1-3-26-18(25)10-23-20-19(12(2)22-23)15(9-17(24)21-20)14-8-13-6-4-5-7-16(13)27-11-14/h4-8,15H,3,9-11H2,1-2H3,(H,21,24). The van der Waals surface area contributed by atoms with Crippen molar-refractivity contribution < 1.29 is 19.1 Å². The molecule has 140 valence electrons. The number of carbonyl (C=O) groups excluding carboxylic acids is 2. The number of nitrogens with one attached hydrogen (secondary N) is 1. The van der Waals surface area contributed by atoms with E-state index in [1.807, 2.05) is 31.2 Å². The van der Waals surface area contributed by atoms with Gasteiger partial charge in [-0.05, 0) is 31.6 Å². The van der Waals surface area contributed by atoms with E-state index < -0.39 is 0 Å². The molecule has 1 amide bonds. The van der Waals surface area contributed by atoms with Crippen molar-refractivity contribution in [2.75, 3.05) is 18.5 Å². The van der Waals surface area contributed by atoms with Gasteiger partial charge in [0.15, 0.2) is 0 Å². The van der Waals surface area contributed by atoms with E-state index in [0.29, 0.717) is 25.5 Å². The molecule has 1 N–H and O–H groups in total. The van der Waals surface area contributed by atoms with E-state index in [4.69, 9.17) is 9.47 Å². The molecule has 0 bridgehead atoms. The number of aryl methyl sites for hydroxylation is 1. The molecule has 1 aromatic carbocycles. The Morgan fingerprint density at radius 3 is 3.04 bits per heavy atom. The number of fused-ring (bicyclic) bond motifs is 2. The second-order valence-corrected chi connectivity index (χ2v) is 6.66. The Morgan fingerprint density at radius 1 is 1.41 bits per heavy atom. The molecule has 0 saturated heterocycles. The average molecular weight is 367 g/mol. The van der Waals surface area contributed by atoms with Crippen LogP contribution < -0.4 is 10.1 Å². The molecule has 0 fully saturated rings. The first kappa shape index (κ1) is 17.3. The fourth-order valence-electron chi connectivity index (χ4n) is 3.71. The van der Waals surface area contributed by atoms with E-state index in [9.17, 15) is 9.59 Å². The van der Waals surface area contributed by atoms with Gasteiger partial charge in [0, 0.05) is 23.5 Å². The van der Waals surface area contributed by atoms with Gasteiger partial charge in [0.25, 0.3) is 0 Å². The minimum atomic E-state index is -0.381. The van der Waals surface area contributed by atoms with Crippen molar-refractivity contribution in [3.8, 4) is 5.75 Å². The largest absolute Gasteiger partial charge is 0.489 e. The van der Waals surface area contributed by atoms with Crippen LogP contribution in [-0.2, 0) is 20.9 Å². The van der Waals surface area contributed by atoms with E-state index in [1.165, 1.54) is 4.68 Å². The molecule has 0 radical (unpaired) electrons. The van der Waals surface area contributed by atoms with E-state index in [-0.39, 0.29) is 24.3 Å². The van der Waals surface area contributed by atoms with Gasteiger partial charge in [-0.3, -0.25) is 9.59 Å². The Balaban J connectivity index is 1.72. The molecule has 0 saturated carbocycles. The molecule has 1 unspecified atom stereocenters. The zero-order valence-electron chi connectivity index (χ0n) is 15.3. The monoisotopic (exact) mass is 367 g/mol. The SMILES string of the molecule is CCOC(=O)Cn1nc(C)c2c1NC(=O)CC2C1=Cc2ccccc2OC1. The second-order valence-electron chi connectivity index (χ2n) is 6.66. The van der Waals surface area contributed by atoms with Gasteiger partial charge in [-0.25, -0.2) is 4.68 Å². The summed E-state index contributed by atoms with van der Waals surface area (Å²) < 4.78 is 12.4. The number of hydrogen-bond acceptors (Lipinski definition) is 5. The third kappa shape index (κ3) is 3.20. The van der Waals surface area contributed by atoms with Crippen LogP contribution in [0.3, 0.4) is 0 Å². The van der Waals surface area contributed by atoms with Crippen LogP contribution in [0.1, 0.15) is 36.1 Å². The Labute approximate surface area is 157 Å². The molecule has 4 rings (SSSR count). The van der Waals surface area contributed by atoms with Crippen molar-refractivity contribution in [2.24, 2.45) is 0 Å². The van der Waals surface area contributed by atoms with Crippen molar-refractivity contribution in [1.82, 2.24) is 9.78 Å². The molecule has 7 nitrogen and oxygen atoms in total. The number of nitrogens with zero attached hydrogens (tertiary/aromatic N) is 2. The minimum absolute atomic E-state index is 0.0323. The first-order chi connectivity index (χ1) is 13.1. The van der Waals surface area contributed by atoms with Gasteiger partial charge in [-0.2, -0.15) is 5.10 Å². The predicted octanol–water partition coefficient (Wildman–Crippen LogP) is 2.66. The molecule has 0 spiro atoms. The highest BCUT2D eigenvalue weighted by molar-refractivity contribution is 5.95. The van der Waals surface area contributed by atoms with Gasteiger partial charge in [-0.15, -0.1) is 0 Å². The van der Waals surface area contributed by atoms with Gasteiger partial charge in [-0.1, -0.05) is 18.2 Å². The second kappa shape index (κ2) is 6.90. The molecular formula is C20H21N3O4. The van der Waals surface area contributed by atoms with Crippen molar-refractivity contribution in [1.29, 1.82) is 0 Å². The lowest BCUT2D eigenvalue weighted by molar-refractivity contribution is -0.144. The molecule has 7 heteroatoms. The summed E-state index contributed by atoms with van der Waals surface area (Å²) in [6.07, 6.45) is 2.42. The highest BCUT2D eigenvalue weighted by Gasteiger charge is 2.34. The van der Waals surface area contributed by atoms with Crippen LogP contribution in [0.4, 0.5) is 5.82 Å². The van der Waals surface area contributed by atoms with Gasteiger partial charge >= 0.3 is 5.97 Å². The smallest absolute Gasteiger partial charge is 0.327 e. The first-order valence-electron chi connectivity index (χ1n) is 9.02. The van der Waals surface area contributed by atoms with Gasteiger partial charge in [0.2, 0.25) is 5.91 Å². The van der Waals surface area contributed by atoms with Crippen LogP contribution >= 0.6 is 0 Å². The highest BCUT2D eigenvalue weighted by atomic mass is 16.5. The molecular weight excluding hydrogens is 346 g/mol. The maximum Gasteiger partial charge on any atom is 0.327 e. The number of para-hydroxylation sites is 1. The molecule has 1 atom stereocenters. The zero-order valence-corrected chi connectivity index (χ0v) is 15.3. The van der Waals surface area contributed by atoms with E-state index in [2.05, 4.69) is 16.5 Å². The number of ether oxygens (including phenoxy) is 2. The van der Waals surface area contributed by atoms with Crippen LogP contribution in [-0.4, -0.2) is 34.9 Å². The lowest BCUT2D eigenvalue weighted by Crippen LogP contribution is -2.28. The number of esters is 1. The molecule has 1 aromatic heterocycles. The van der Waals surface area contributed by atoms with E-state index in [0.717, 1.165) is 28.1 Å². The number of aromatic nitrogens is 2. The molecule has 27 heavy (non-hydrogen) atoms. The Kier molecular flexibility index (Phi) is 4.43. The summed E-state index contributed by atoms with van der Waals surface area (Å²) >= 11 is 0. The maximum absolute atomic E-state index is 12.4. The zero-order chi connectivity index (χ0) is 19.0. The van der Waals surface area contributed by atoms with E-state index in [1.54, 1.807) is 6.92 Å². The Hall–Kier alpha value is -3.09. The number of hydrogen-bond donors (Lipinski definition) is 1. The first-order valence-corrected chi connectivity index (χ1v) is 9.02. The lowest BCUT2D eigenvalue weighted by atomic mass is 9.84. The van der Waals surface area contributed by atoms with Crippen molar-refractivity contribution >= 4 is 23.8 Å². The number of rotatable bonds is 4. The molecule has 2 aliphatic rings. The molecule has 2 aromatic rings. The topological polar surface area (TPSA) is 82.5 Å². The van der Waals surface area contributed by atoms with Crippen molar-refractivity contribution in [2.45, 2.75) is 32.7 Å². The Morgan fingerprint density at radius 2 is 2.22 bits per heavy atom. The van der Waals surface area contributed by atoms with Crippen LogP contribution in [0.25, 0.3) is 6.08 Å². The number of carbonyl (C=O) groups is 2. The van der Waals surface area contributed by atoms with Crippen molar-refractivity contribution in [3.63, 3.8) is 0 Å². The van der Waals surface area contributed by atoms with Gasteiger partial charge < -0.3 is 14.8 Å². The third-order valence-corrected chi connectivity index (χ3v) is 4.86. The average Bonchev–Trinajstić information content (AvgIpc) is 2.96. The quantitative estimate of drug-likeness (QED) is 0.840. The summed E-state index contributed by atoms with van der Waals surface area (Å²) in [5.41, 5.74) is 3.76. The number of anilines is 1. The van der Waals surface area contributed by atoms with Gasteiger partial charge in [0.1, 0.15) is 24.7 Å². The Bertz CT molecular complexity index is 945. The molecule has 0 aliphatic carbocycles. The summed E-state index contributed by atoms with van der Waals surface area (Å²) in [5, 5.41) is 7.34. The summed E-state index contributed by atoms with van der Waals surface area (Å²) in [6, 6.07) is 7.83. The van der Waals surface area contributed by atoms with Gasteiger partial charge in [0.05, 0.1) is 12.3 Å². The van der Waals surface area contributed by atoms with Crippen LogP contribution in [0.5, 0.6) is 5.75 Å². The normalized spacial score (nSPS) is 17.9. The van der Waals surface area contributed by atoms with Crippen LogP contribution in [0, 0.1) is 6.92 Å². The van der Waals surface area contributed by atoms with Crippen LogP contribution in [0.2, 0.25) is 0 Å². The number of benzene rings is 1. The lowest BCUT2D eigenvalue weighted by Gasteiger charge is -2.28. The summed E-state index contributed by atoms with van der Waals surface area (Å²) in [6.45, 7) is 4.35. The molecule has 3 heterocycles. The summed E-state index contributed by atoms with van der Waals surface area (Å²) in [7, 11) is 0. The predicted molar refractivity (Wildman–Crippen MR) is 99.5 cm³/mol. The van der Waals surface area contributed by atoms with Crippen LogP contribution in [0.15, 0.2) is 29.8 Å². The summed E-state index contributed by atoms with van der Waals surface area (Å²) in [5.74, 6) is 0.807. The fourth-order valence-corrected chi connectivity index (χ4v) is 3.71. The van der Waals surface area contributed by atoms with Crippen molar-refractivity contribution in [3.05, 3.63) is 46.7 Å². The van der Waals surface area contributed by atoms with E-state index >= 15 is 0 Å². The number of amides is 1. The maximum atomic E-state index is 12.4. The third-order valence-electron chi connectivity index (χ3n) is 4.86. The summed E-state index contributed by atoms with van der Waals surface area (Å²) in [4.78, 5) is 24.2. The molecule has 2 aliphatic heterocycles.